The summed E-state index contributed by atoms with van der Waals surface area (Å²) in [6.07, 6.45) is 3.51. The van der Waals surface area contributed by atoms with Gasteiger partial charge in [-0.3, -0.25) is 9.59 Å². The van der Waals surface area contributed by atoms with Crippen LogP contribution in [-0.2, 0) is 16.1 Å². The maximum absolute atomic E-state index is 12.4. The molecule has 3 rings (SSSR count). The van der Waals surface area contributed by atoms with Crippen LogP contribution in [0.3, 0.4) is 0 Å². The van der Waals surface area contributed by atoms with Crippen LogP contribution in [0.25, 0.3) is 16.1 Å². The quantitative estimate of drug-likeness (QED) is 0.689. The second-order valence-corrected chi connectivity index (χ2v) is 5.41. The lowest BCUT2D eigenvalue weighted by atomic mass is 10.3. The summed E-state index contributed by atoms with van der Waals surface area (Å²) in [6.45, 7) is 0.293. The topological polar surface area (TPSA) is 65.6 Å². The minimum Gasteiger partial charge on any atom is -0.469 e. The van der Waals surface area contributed by atoms with Crippen LogP contribution in [-0.4, -0.2) is 27.3 Å². The molecule has 0 radical (unpaired) electrons. The Hall–Kier alpha value is -2.41. The summed E-state index contributed by atoms with van der Waals surface area (Å²) >= 11 is 1.57. The van der Waals surface area contributed by atoms with Crippen molar-refractivity contribution in [1.82, 2.24) is 14.2 Å². The van der Waals surface area contributed by atoms with Crippen molar-refractivity contribution in [2.75, 3.05) is 7.11 Å². The number of ether oxygens (including phenoxy) is 1. The van der Waals surface area contributed by atoms with Gasteiger partial charge in [0.15, 0.2) is 0 Å². The Morgan fingerprint density at radius 2 is 2.29 bits per heavy atom. The number of hydrogen-bond acceptors (Lipinski definition) is 5. The highest BCUT2D eigenvalue weighted by Gasteiger charge is 2.10. The highest BCUT2D eigenvalue weighted by molar-refractivity contribution is 7.13. The molecule has 0 saturated heterocycles. The average molecular weight is 303 g/mol. The van der Waals surface area contributed by atoms with Crippen LogP contribution in [0.5, 0.6) is 0 Å². The van der Waals surface area contributed by atoms with Gasteiger partial charge in [0, 0.05) is 18.9 Å². The van der Waals surface area contributed by atoms with Gasteiger partial charge in [-0.05, 0) is 17.5 Å². The van der Waals surface area contributed by atoms with Gasteiger partial charge in [-0.2, -0.15) is 5.10 Å². The first-order chi connectivity index (χ1) is 10.2. The summed E-state index contributed by atoms with van der Waals surface area (Å²) in [7, 11) is 1.33. The molecule has 0 spiro atoms. The van der Waals surface area contributed by atoms with Crippen LogP contribution in [0.15, 0.2) is 40.8 Å². The van der Waals surface area contributed by atoms with E-state index in [0.29, 0.717) is 12.1 Å². The van der Waals surface area contributed by atoms with E-state index in [1.165, 1.54) is 11.7 Å². The van der Waals surface area contributed by atoms with Crippen LogP contribution in [0, 0.1) is 0 Å². The Morgan fingerprint density at radius 1 is 1.43 bits per heavy atom. The van der Waals surface area contributed by atoms with E-state index < -0.39 is 0 Å². The molecule has 0 aromatic carbocycles. The molecule has 0 unspecified atom stereocenters. The van der Waals surface area contributed by atoms with Gasteiger partial charge in [0.25, 0.3) is 5.56 Å². The van der Waals surface area contributed by atoms with E-state index in [9.17, 15) is 9.59 Å². The first-order valence-electron chi connectivity index (χ1n) is 6.38. The summed E-state index contributed by atoms with van der Waals surface area (Å²) in [5.74, 6) is -0.338. The minimum atomic E-state index is -0.338. The number of aromatic nitrogens is 3. The molecule has 108 valence electrons. The number of carbonyl (C=O) groups is 1. The predicted octanol–water partition coefficient (Wildman–Crippen LogP) is 1.79. The molecule has 0 aliphatic carbocycles. The third-order valence-electron chi connectivity index (χ3n) is 3.16. The number of nitrogens with zero attached hydrogens (tertiary/aromatic N) is 3. The van der Waals surface area contributed by atoms with Crippen molar-refractivity contribution >= 4 is 22.8 Å². The maximum Gasteiger partial charge on any atom is 0.307 e. The smallest absolute Gasteiger partial charge is 0.307 e. The Morgan fingerprint density at radius 3 is 3.00 bits per heavy atom. The molecule has 3 heterocycles. The fourth-order valence-electron chi connectivity index (χ4n) is 2.06. The molecule has 0 atom stereocenters. The highest BCUT2D eigenvalue weighted by atomic mass is 32.1. The van der Waals surface area contributed by atoms with Crippen LogP contribution in [0.2, 0.25) is 0 Å². The second kappa shape index (κ2) is 5.53. The molecule has 7 heteroatoms. The van der Waals surface area contributed by atoms with Gasteiger partial charge < -0.3 is 9.30 Å². The number of hydrogen-bond donors (Lipinski definition) is 0. The summed E-state index contributed by atoms with van der Waals surface area (Å²) in [4.78, 5) is 24.5. The largest absolute Gasteiger partial charge is 0.469 e. The van der Waals surface area contributed by atoms with Crippen molar-refractivity contribution in [1.29, 1.82) is 0 Å². The summed E-state index contributed by atoms with van der Waals surface area (Å²) in [5, 5.41) is 6.36. The number of fused-ring (bicyclic) bond motifs is 1. The molecule has 0 aliphatic rings. The normalized spacial score (nSPS) is 10.9. The zero-order valence-electron chi connectivity index (χ0n) is 11.4. The van der Waals surface area contributed by atoms with Crippen molar-refractivity contribution in [2.24, 2.45) is 0 Å². The standard InChI is InChI=1S/C14H13N3O3S/c1-20-13(18)4-5-16-6-7-17-11(14(16)19)9-10(15-17)12-3-2-8-21-12/h2-3,6-9H,4-5H2,1H3. The van der Waals surface area contributed by atoms with Gasteiger partial charge in [-0.15, -0.1) is 11.3 Å². The Balaban J connectivity index is 1.97. The highest BCUT2D eigenvalue weighted by Crippen LogP contribution is 2.23. The maximum atomic E-state index is 12.4. The molecule has 0 saturated carbocycles. The molecule has 21 heavy (non-hydrogen) atoms. The molecular weight excluding hydrogens is 290 g/mol. The van der Waals surface area contributed by atoms with Gasteiger partial charge in [0.1, 0.15) is 11.2 Å². The SMILES string of the molecule is COC(=O)CCn1ccn2nc(-c3cccs3)cc2c1=O. The number of rotatable bonds is 4. The summed E-state index contributed by atoms with van der Waals surface area (Å²) < 4.78 is 7.64. The first-order valence-corrected chi connectivity index (χ1v) is 7.26. The molecule has 0 fully saturated rings. The molecule has 0 N–H and O–H groups in total. The van der Waals surface area contributed by atoms with E-state index in [1.807, 2.05) is 17.5 Å². The Labute approximate surface area is 124 Å². The molecule has 3 aromatic rings. The van der Waals surface area contributed by atoms with Crippen molar-refractivity contribution in [3.8, 4) is 10.6 Å². The fraction of sp³-hybridized carbons (Fsp3) is 0.214. The van der Waals surface area contributed by atoms with Crippen LogP contribution >= 0.6 is 11.3 Å². The monoisotopic (exact) mass is 303 g/mol. The Kier molecular flexibility index (Phi) is 3.57. The summed E-state index contributed by atoms with van der Waals surface area (Å²) in [5.41, 5.74) is 1.09. The lowest BCUT2D eigenvalue weighted by Crippen LogP contribution is -2.22. The zero-order valence-corrected chi connectivity index (χ0v) is 12.2. The number of aryl methyl sites for hydroxylation is 1. The summed E-state index contributed by atoms with van der Waals surface area (Å²) in [6, 6.07) is 5.67. The molecule has 3 aromatic heterocycles. The lowest BCUT2D eigenvalue weighted by Gasteiger charge is -2.04. The van der Waals surface area contributed by atoms with E-state index in [-0.39, 0.29) is 17.9 Å². The number of carbonyl (C=O) groups excluding carboxylic acids is 1. The lowest BCUT2D eigenvalue weighted by molar-refractivity contribution is -0.140. The Bertz CT molecular complexity index is 833. The number of esters is 1. The van der Waals surface area contributed by atoms with Gasteiger partial charge in [-0.1, -0.05) is 6.07 Å². The molecule has 6 nitrogen and oxygen atoms in total. The van der Waals surface area contributed by atoms with Gasteiger partial charge in [0.2, 0.25) is 0 Å². The predicted molar refractivity (Wildman–Crippen MR) is 79.4 cm³/mol. The van der Waals surface area contributed by atoms with Crippen LogP contribution in [0.4, 0.5) is 0 Å². The molecule has 0 amide bonds. The van der Waals surface area contributed by atoms with Gasteiger partial charge in [0.05, 0.1) is 18.4 Å². The fourth-order valence-corrected chi connectivity index (χ4v) is 2.74. The van der Waals surface area contributed by atoms with Gasteiger partial charge >= 0.3 is 5.97 Å². The van der Waals surface area contributed by atoms with Crippen molar-refractivity contribution in [2.45, 2.75) is 13.0 Å². The molecular formula is C14H13N3O3S. The minimum absolute atomic E-state index is 0.165. The number of thiophene rings is 1. The molecule has 0 aliphatic heterocycles. The van der Waals surface area contributed by atoms with E-state index in [0.717, 1.165) is 10.6 Å². The van der Waals surface area contributed by atoms with Crippen molar-refractivity contribution in [3.05, 3.63) is 46.3 Å². The third-order valence-corrected chi connectivity index (χ3v) is 4.05. The zero-order chi connectivity index (χ0) is 14.8. The van der Waals surface area contributed by atoms with Gasteiger partial charge in [-0.25, -0.2) is 4.52 Å². The van der Waals surface area contributed by atoms with E-state index >= 15 is 0 Å². The average Bonchev–Trinajstić information content (AvgIpc) is 3.15. The van der Waals surface area contributed by atoms with E-state index in [1.54, 1.807) is 34.3 Å². The van der Waals surface area contributed by atoms with Crippen molar-refractivity contribution < 1.29 is 9.53 Å². The molecule has 0 bridgehead atoms. The first kappa shape index (κ1) is 13.6. The van der Waals surface area contributed by atoms with E-state index in [4.69, 9.17) is 0 Å². The van der Waals surface area contributed by atoms with E-state index in [2.05, 4.69) is 9.84 Å². The van der Waals surface area contributed by atoms with Crippen molar-refractivity contribution in [3.63, 3.8) is 0 Å². The number of methoxy groups -OCH3 is 1. The van der Waals surface area contributed by atoms with Crippen LogP contribution in [0.1, 0.15) is 6.42 Å². The van der Waals surface area contributed by atoms with Crippen LogP contribution < -0.4 is 5.56 Å². The third kappa shape index (κ3) is 2.59. The second-order valence-electron chi connectivity index (χ2n) is 4.46.